The summed E-state index contributed by atoms with van der Waals surface area (Å²) in [7, 11) is 0. The third-order valence-electron chi connectivity index (χ3n) is 4.61. The Morgan fingerprint density at radius 1 is 1.33 bits per heavy atom. The van der Waals surface area contributed by atoms with Crippen LogP contribution in [-0.4, -0.2) is 30.1 Å². The summed E-state index contributed by atoms with van der Waals surface area (Å²) in [6.07, 6.45) is 7.02. The van der Waals surface area contributed by atoms with Gasteiger partial charge in [-0.2, -0.15) is 0 Å². The molecule has 1 saturated heterocycles. The van der Waals surface area contributed by atoms with Gasteiger partial charge in [0.05, 0.1) is 0 Å². The molecule has 0 aromatic heterocycles. The van der Waals surface area contributed by atoms with E-state index in [1.54, 1.807) is 0 Å². The van der Waals surface area contributed by atoms with Crippen molar-refractivity contribution in [1.82, 2.24) is 4.90 Å². The fourth-order valence-corrected chi connectivity index (χ4v) is 3.73. The smallest absolute Gasteiger partial charge is 0.0126 e. The van der Waals surface area contributed by atoms with Crippen LogP contribution < -0.4 is 5.73 Å². The first-order valence-corrected chi connectivity index (χ1v) is 6.72. The zero-order valence-corrected chi connectivity index (χ0v) is 10.3. The van der Waals surface area contributed by atoms with Crippen molar-refractivity contribution in [2.75, 3.05) is 13.1 Å². The van der Waals surface area contributed by atoms with Crippen LogP contribution in [0, 0.1) is 11.8 Å². The molecule has 4 unspecified atom stereocenters. The third kappa shape index (κ3) is 2.21. The summed E-state index contributed by atoms with van der Waals surface area (Å²) in [5.74, 6) is 1.72. The Kier molecular flexibility index (Phi) is 3.68. The first-order chi connectivity index (χ1) is 7.26. The van der Waals surface area contributed by atoms with Gasteiger partial charge in [0.25, 0.3) is 0 Å². The van der Waals surface area contributed by atoms with E-state index in [0.717, 1.165) is 30.5 Å². The number of hydrogen-bond acceptors (Lipinski definition) is 2. The Balaban J connectivity index is 1.98. The average Bonchev–Trinajstić information content (AvgIpc) is 2.82. The highest BCUT2D eigenvalue weighted by molar-refractivity contribution is 4.92. The second-order valence-corrected chi connectivity index (χ2v) is 5.55. The highest BCUT2D eigenvalue weighted by Crippen LogP contribution is 2.37. The molecule has 2 fully saturated rings. The van der Waals surface area contributed by atoms with Crippen molar-refractivity contribution in [3.05, 3.63) is 0 Å². The van der Waals surface area contributed by atoms with E-state index in [1.807, 2.05) is 0 Å². The molecule has 88 valence electrons. The largest absolute Gasteiger partial charge is 0.330 e. The Hall–Kier alpha value is -0.0800. The van der Waals surface area contributed by atoms with Gasteiger partial charge in [-0.1, -0.05) is 19.8 Å². The highest BCUT2D eigenvalue weighted by Gasteiger charge is 2.38. The Bertz CT molecular complexity index is 205. The molecule has 2 nitrogen and oxygen atoms in total. The summed E-state index contributed by atoms with van der Waals surface area (Å²) in [4.78, 5) is 2.76. The lowest BCUT2D eigenvalue weighted by Gasteiger charge is -2.32. The molecule has 0 amide bonds. The molecule has 1 aliphatic carbocycles. The lowest BCUT2D eigenvalue weighted by atomic mass is 9.99. The van der Waals surface area contributed by atoms with Gasteiger partial charge >= 0.3 is 0 Å². The molecular formula is C13H26N2. The fourth-order valence-electron chi connectivity index (χ4n) is 3.73. The van der Waals surface area contributed by atoms with Gasteiger partial charge in [0, 0.05) is 18.6 Å². The second-order valence-electron chi connectivity index (χ2n) is 5.55. The third-order valence-corrected chi connectivity index (χ3v) is 4.61. The maximum atomic E-state index is 5.80. The van der Waals surface area contributed by atoms with Gasteiger partial charge in [0.2, 0.25) is 0 Å². The van der Waals surface area contributed by atoms with Crippen molar-refractivity contribution in [1.29, 1.82) is 0 Å². The molecule has 2 rings (SSSR count). The number of nitrogens with two attached hydrogens (primary N) is 1. The SMILES string of the molecule is CCC1CCCC1N1CC(CN)CC1C. The molecule has 1 heterocycles. The molecule has 2 N–H and O–H groups in total. The number of rotatable bonds is 3. The molecule has 0 aromatic rings. The standard InChI is InChI=1S/C13H26N2/c1-3-12-5-4-6-13(12)15-9-11(8-14)7-10(15)2/h10-13H,3-9,14H2,1-2H3. The molecule has 15 heavy (non-hydrogen) atoms. The van der Waals surface area contributed by atoms with E-state index >= 15 is 0 Å². The second kappa shape index (κ2) is 4.84. The van der Waals surface area contributed by atoms with Crippen molar-refractivity contribution in [2.24, 2.45) is 17.6 Å². The minimum absolute atomic E-state index is 0.762. The van der Waals surface area contributed by atoms with Crippen LogP contribution in [0.5, 0.6) is 0 Å². The molecule has 2 heteroatoms. The molecule has 0 radical (unpaired) electrons. The summed E-state index contributed by atoms with van der Waals surface area (Å²) < 4.78 is 0. The minimum Gasteiger partial charge on any atom is -0.330 e. The number of likely N-dealkylation sites (tertiary alicyclic amines) is 1. The van der Waals surface area contributed by atoms with E-state index in [2.05, 4.69) is 18.7 Å². The van der Waals surface area contributed by atoms with Gasteiger partial charge in [-0.3, -0.25) is 4.90 Å². The first kappa shape index (κ1) is 11.4. The normalized spacial score (nSPS) is 42.6. The van der Waals surface area contributed by atoms with Crippen molar-refractivity contribution in [3.8, 4) is 0 Å². The summed E-state index contributed by atoms with van der Waals surface area (Å²) in [6, 6.07) is 1.65. The van der Waals surface area contributed by atoms with Crippen LogP contribution in [0.25, 0.3) is 0 Å². The Morgan fingerprint density at radius 3 is 2.73 bits per heavy atom. The predicted octanol–water partition coefficient (Wildman–Crippen LogP) is 2.23. The van der Waals surface area contributed by atoms with Crippen LogP contribution in [0.3, 0.4) is 0 Å². The lowest BCUT2D eigenvalue weighted by molar-refractivity contribution is 0.148. The van der Waals surface area contributed by atoms with Gasteiger partial charge < -0.3 is 5.73 Å². The molecule has 4 atom stereocenters. The van der Waals surface area contributed by atoms with E-state index in [0.29, 0.717) is 0 Å². The maximum absolute atomic E-state index is 5.80. The van der Waals surface area contributed by atoms with Crippen molar-refractivity contribution in [2.45, 2.75) is 58.0 Å². The molecule has 0 spiro atoms. The molecular weight excluding hydrogens is 184 g/mol. The van der Waals surface area contributed by atoms with E-state index < -0.39 is 0 Å². The van der Waals surface area contributed by atoms with E-state index in [1.165, 1.54) is 38.6 Å². The van der Waals surface area contributed by atoms with E-state index in [9.17, 15) is 0 Å². The average molecular weight is 210 g/mol. The van der Waals surface area contributed by atoms with Crippen LogP contribution in [0.15, 0.2) is 0 Å². The Morgan fingerprint density at radius 2 is 2.13 bits per heavy atom. The first-order valence-electron chi connectivity index (χ1n) is 6.72. The zero-order valence-electron chi connectivity index (χ0n) is 10.3. The maximum Gasteiger partial charge on any atom is 0.0126 e. The minimum atomic E-state index is 0.762. The lowest BCUT2D eigenvalue weighted by Crippen LogP contribution is -2.40. The number of nitrogens with zero attached hydrogens (tertiary/aromatic N) is 1. The Labute approximate surface area is 94.2 Å². The summed E-state index contributed by atoms with van der Waals surface area (Å²) >= 11 is 0. The molecule has 0 aromatic carbocycles. The molecule has 2 aliphatic rings. The van der Waals surface area contributed by atoms with Crippen molar-refractivity contribution in [3.63, 3.8) is 0 Å². The predicted molar refractivity (Wildman–Crippen MR) is 64.7 cm³/mol. The van der Waals surface area contributed by atoms with Crippen molar-refractivity contribution < 1.29 is 0 Å². The van der Waals surface area contributed by atoms with Gasteiger partial charge in [-0.25, -0.2) is 0 Å². The van der Waals surface area contributed by atoms with E-state index in [-0.39, 0.29) is 0 Å². The van der Waals surface area contributed by atoms with Crippen LogP contribution >= 0.6 is 0 Å². The molecule has 0 bridgehead atoms. The van der Waals surface area contributed by atoms with E-state index in [4.69, 9.17) is 5.73 Å². The van der Waals surface area contributed by atoms with Crippen molar-refractivity contribution >= 4 is 0 Å². The summed E-state index contributed by atoms with van der Waals surface area (Å²) in [6.45, 7) is 6.88. The topological polar surface area (TPSA) is 29.3 Å². The monoisotopic (exact) mass is 210 g/mol. The van der Waals surface area contributed by atoms with Crippen LogP contribution in [0.2, 0.25) is 0 Å². The zero-order chi connectivity index (χ0) is 10.8. The van der Waals surface area contributed by atoms with Gasteiger partial charge in [-0.05, 0) is 44.6 Å². The quantitative estimate of drug-likeness (QED) is 0.774. The van der Waals surface area contributed by atoms with Crippen LogP contribution in [-0.2, 0) is 0 Å². The van der Waals surface area contributed by atoms with Gasteiger partial charge in [-0.15, -0.1) is 0 Å². The van der Waals surface area contributed by atoms with Gasteiger partial charge in [0.15, 0.2) is 0 Å². The fraction of sp³-hybridized carbons (Fsp3) is 1.00. The molecule has 1 aliphatic heterocycles. The highest BCUT2D eigenvalue weighted by atomic mass is 15.2. The summed E-state index contributed by atoms with van der Waals surface area (Å²) in [5.41, 5.74) is 5.80. The summed E-state index contributed by atoms with van der Waals surface area (Å²) in [5, 5.41) is 0. The van der Waals surface area contributed by atoms with Gasteiger partial charge in [0.1, 0.15) is 0 Å². The van der Waals surface area contributed by atoms with Crippen LogP contribution in [0.4, 0.5) is 0 Å². The number of hydrogen-bond donors (Lipinski definition) is 1. The van der Waals surface area contributed by atoms with Crippen LogP contribution in [0.1, 0.15) is 46.0 Å². The molecule has 1 saturated carbocycles.